The molecule has 0 aliphatic rings. The summed E-state index contributed by atoms with van der Waals surface area (Å²) in [7, 11) is 0. The lowest BCUT2D eigenvalue weighted by Gasteiger charge is -2.06. The zero-order valence-electron chi connectivity index (χ0n) is 7.60. The smallest absolute Gasteiger partial charge is 0.157 e. The van der Waals surface area contributed by atoms with Crippen LogP contribution < -0.4 is 0 Å². The van der Waals surface area contributed by atoms with Crippen LogP contribution in [0.2, 0.25) is 5.15 Å². The summed E-state index contributed by atoms with van der Waals surface area (Å²) in [5, 5.41) is -0.0206. The number of rotatable bonds is 4. The number of aryl methyl sites for hydroxylation is 1. The number of aromatic nitrogens is 2. The summed E-state index contributed by atoms with van der Waals surface area (Å²) in [4.78, 5) is 18.1. The van der Waals surface area contributed by atoms with E-state index in [2.05, 4.69) is 14.2 Å². The molecule has 0 N–H and O–H groups in total. The van der Waals surface area contributed by atoms with E-state index in [0.717, 1.165) is 0 Å². The largest absolute Gasteiger partial charge is 0.750 e. The fourth-order valence-corrected chi connectivity index (χ4v) is 1.38. The second-order valence-electron chi connectivity index (χ2n) is 2.51. The lowest BCUT2D eigenvalue weighted by atomic mass is 10.3. The van der Waals surface area contributed by atoms with Crippen molar-refractivity contribution in [3.63, 3.8) is 0 Å². The third-order valence-corrected chi connectivity index (χ3v) is 2.14. The first-order valence-corrected chi connectivity index (χ1v) is 5.13. The van der Waals surface area contributed by atoms with Crippen LogP contribution in [0.25, 0.3) is 0 Å². The molecule has 82 valence electrons. The van der Waals surface area contributed by atoms with Crippen LogP contribution in [0.1, 0.15) is 21.9 Å². The Bertz CT molecular complexity index is 389. The molecule has 0 saturated heterocycles. The Morgan fingerprint density at radius 1 is 1.60 bits per heavy atom. The average Bonchev–Trinajstić information content (AvgIpc) is 2.14. The Morgan fingerprint density at radius 2 is 2.27 bits per heavy atom. The minimum atomic E-state index is -2.63. The molecule has 0 radical (unpaired) electrons. The first-order chi connectivity index (χ1) is 7.04. The molecule has 15 heavy (non-hydrogen) atoms. The molecule has 0 fully saturated rings. The summed E-state index contributed by atoms with van der Waals surface area (Å²) in [5.74, 6) is 0.104. The van der Waals surface area contributed by atoms with Gasteiger partial charge in [-0.05, 0) is 6.92 Å². The van der Waals surface area contributed by atoms with Crippen molar-refractivity contribution in [2.75, 3.05) is 0 Å². The van der Waals surface area contributed by atoms with Crippen LogP contribution in [-0.2, 0) is 22.2 Å². The van der Waals surface area contributed by atoms with Gasteiger partial charge < -0.3 is 4.55 Å². The normalized spacial score (nSPS) is 12.5. The van der Waals surface area contributed by atoms with Crippen LogP contribution in [0.5, 0.6) is 0 Å². The average molecular weight is 250 g/mol. The number of hydrogen-bond donors (Lipinski definition) is 0. The van der Waals surface area contributed by atoms with E-state index in [0.29, 0.717) is 12.0 Å². The molecule has 1 aromatic rings. The van der Waals surface area contributed by atoms with Crippen LogP contribution in [0.3, 0.4) is 0 Å². The number of carbonyl (C=O) groups excluding carboxylic acids is 1. The highest BCUT2D eigenvalue weighted by Gasteiger charge is 2.09. The van der Waals surface area contributed by atoms with Crippen molar-refractivity contribution >= 4 is 29.2 Å². The lowest BCUT2D eigenvalue weighted by molar-refractivity contribution is 0.112. The van der Waals surface area contributed by atoms with Gasteiger partial charge in [-0.1, -0.05) is 11.6 Å². The maximum absolute atomic E-state index is 10.5. The molecule has 0 saturated carbocycles. The van der Waals surface area contributed by atoms with E-state index in [9.17, 15) is 13.6 Å². The minimum Gasteiger partial charge on any atom is -0.750 e. The molecular formula is C7H6ClN2O4S-. The van der Waals surface area contributed by atoms with Gasteiger partial charge in [0.25, 0.3) is 0 Å². The highest BCUT2D eigenvalue weighted by molar-refractivity contribution is 7.74. The first kappa shape index (κ1) is 12.2. The number of aldehydes is 1. The van der Waals surface area contributed by atoms with Gasteiger partial charge in [0.1, 0.15) is 11.8 Å². The van der Waals surface area contributed by atoms with Crippen LogP contribution in [0.15, 0.2) is 0 Å². The highest BCUT2D eigenvalue weighted by atomic mass is 35.5. The van der Waals surface area contributed by atoms with Gasteiger partial charge in [0, 0.05) is 0 Å². The number of nitrogens with zero attached hydrogens (tertiary/aromatic N) is 2. The van der Waals surface area contributed by atoms with Crippen LogP contribution in [0.4, 0.5) is 0 Å². The topological polar surface area (TPSA) is 92.2 Å². The predicted molar refractivity (Wildman–Crippen MR) is 50.9 cm³/mol. The minimum absolute atomic E-state index is 0.0206. The third-order valence-electron chi connectivity index (χ3n) is 1.54. The van der Waals surface area contributed by atoms with Crippen LogP contribution >= 0.6 is 11.6 Å². The highest BCUT2D eigenvalue weighted by Crippen LogP contribution is 2.14. The van der Waals surface area contributed by atoms with Gasteiger partial charge in [-0.2, -0.15) is 0 Å². The molecule has 8 heteroatoms. The zero-order valence-corrected chi connectivity index (χ0v) is 9.17. The molecule has 1 aromatic heterocycles. The van der Waals surface area contributed by atoms with Gasteiger partial charge >= 0.3 is 0 Å². The fourth-order valence-electron chi connectivity index (χ4n) is 0.901. The molecule has 0 aliphatic heterocycles. The molecule has 1 heterocycles. The van der Waals surface area contributed by atoms with Crippen molar-refractivity contribution in [3.05, 3.63) is 22.2 Å². The molecule has 0 aromatic carbocycles. The van der Waals surface area contributed by atoms with Gasteiger partial charge in [0.15, 0.2) is 12.1 Å². The second-order valence-corrected chi connectivity index (χ2v) is 3.52. The maximum Gasteiger partial charge on any atom is 0.157 e. The molecule has 0 amide bonds. The number of halogens is 1. The molecule has 0 spiro atoms. The van der Waals surface area contributed by atoms with Gasteiger partial charge in [0.2, 0.25) is 0 Å². The summed E-state index contributed by atoms with van der Waals surface area (Å²) in [5.41, 5.74) is 0.559. The molecule has 1 unspecified atom stereocenters. The Kier molecular flexibility index (Phi) is 4.28. The predicted octanol–water partition coefficient (Wildman–Crippen LogP) is 0.562. The Hall–Kier alpha value is -0.890. The standard InChI is InChI=1S/C7H7ClN2O4S/c1-4-5(2-11)7(8)10-6(9-4)3-14-15(12)13/h2H,3H2,1H3,(H,12,13)/p-1. The zero-order chi connectivity index (χ0) is 11.4. The van der Waals surface area contributed by atoms with Crippen molar-refractivity contribution in [2.45, 2.75) is 13.5 Å². The van der Waals surface area contributed by atoms with Gasteiger partial charge in [-0.25, -0.2) is 14.2 Å². The molecule has 0 bridgehead atoms. The fraction of sp³-hybridized carbons (Fsp3) is 0.286. The molecule has 6 nitrogen and oxygen atoms in total. The van der Waals surface area contributed by atoms with Crippen LogP contribution in [0, 0.1) is 6.92 Å². The van der Waals surface area contributed by atoms with Crippen molar-refractivity contribution in [1.82, 2.24) is 9.97 Å². The quantitative estimate of drug-likeness (QED) is 0.440. The monoisotopic (exact) mass is 249 g/mol. The van der Waals surface area contributed by atoms with E-state index in [1.807, 2.05) is 0 Å². The summed E-state index contributed by atoms with van der Waals surface area (Å²) in [6.45, 7) is 1.25. The lowest BCUT2D eigenvalue weighted by Crippen LogP contribution is -2.05. The van der Waals surface area contributed by atoms with Crippen molar-refractivity contribution in [3.8, 4) is 0 Å². The van der Waals surface area contributed by atoms with E-state index >= 15 is 0 Å². The van der Waals surface area contributed by atoms with E-state index in [1.165, 1.54) is 0 Å². The van der Waals surface area contributed by atoms with E-state index in [4.69, 9.17) is 11.6 Å². The number of carbonyl (C=O) groups is 1. The van der Waals surface area contributed by atoms with Crippen molar-refractivity contribution in [2.24, 2.45) is 0 Å². The molecular weight excluding hydrogens is 244 g/mol. The molecule has 0 aliphatic carbocycles. The van der Waals surface area contributed by atoms with Gasteiger partial charge in [-0.15, -0.1) is 0 Å². The van der Waals surface area contributed by atoms with E-state index < -0.39 is 11.4 Å². The maximum atomic E-state index is 10.5. The van der Waals surface area contributed by atoms with E-state index in [1.54, 1.807) is 6.92 Å². The number of hydrogen-bond acceptors (Lipinski definition) is 6. The first-order valence-electron chi connectivity index (χ1n) is 3.75. The Labute approximate surface area is 93.1 Å². The van der Waals surface area contributed by atoms with Gasteiger partial charge in [-0.3, -0.25) is 8.98 Å². The summed E-state index contributed by atoms with van der Waals surface area (Å²) < 4.78 is 24.5. The summed E-state index contributed by atoms with van der Waals surface area (Å²) >= 11 is 3.03. The summed E-state index contributed by atoms with van der Waals surface area (Å²) in [6.07, 6.45) is 0.536. The van der Waals surface area contributed by atoms with Crippen LogP contribution in [-0.4, -0.2) is 25.0 Å². The second kappa shape index (κ2) is 5.26. The molecule has 1 rings (SSSR count). The third kappa shape index (κ3) is 3.31. The van der Waals surface area contributed by atoms with Crippen molar-refractivity contribution < 1.29 is 17.7 Å². The van der Waals surface area contributed by atoms with Gasteiger partial charge in [0.05, 0.1) is 22.6 Å². The SMILES string of the molecule is Cc1nc(COS(=O)[O-])nc(Cl)c1C=O. The van der Waals surface area contributed by atoms with E-state index in [-0.39, 0.29) is 23.1 Å². The Morgan fingerprint density at radius 3 is 2.73 bits per heavy atom. The van der Waals surface area contributed by atoms with Crippen molar-refractivity contribution in [1.29, 1.82) is 0 Å². The Balaban J connectivity index is 2.93. The summed E-state index contributed by atoms with van der Waals surface area (Å²) in [6, 6.07) is 0. The molecule has 1 atom stereocenters.